The standard InChI is InChI=1S/C24H18ClFN4O5S/c1-3-35-23(34)19-12(2)27-24(36-19)29-20(31)13-4-8-15(9-5-13)28-18-17(25)21(32)30(22(18)33)16-10-6-14(26)7-11-16/h4-11,28H,3H2,1-2H3,(H,27,29,31). The average Bonchev–Trinajstić information content (AvgIpc) is 3.32. The Bertz CT molecular complexity index is 1400. The highest BCUT2D eigenvalue weighted by Gasteiger charge is 2.39. The minimum atomic E-state index is -0.743. The molecule has 2 aromatic carbocycles. The number of aromatic nitrogens is 1. The molecule has 184 valence electrons. The summed E-state index contributed by atoms with van der Waals surface area (Å²) in [5, 5.41) is 5.36. The number of esters is 1. The van der Waals surface area contributed by atoms with Crippen molar-refractivity contribution in [3.05, 3.63) is 81.2 Å². The zero-order valence-electron chi connectivity index (χ0n) is 18.9. The number of nitrogens with one attached hydrogen (secondary N) is 2. The number of benzene rings is 2. The number of rotatable bonds is 7. The highest BCUT2D eigenvalue weighted by atomic mass is 35.5. The normalized spacial score (nSPS) is 13.3. The summed E-state index contributed by atoms with van der Waals surface area (Å²) in [7, 11) is 0. The Morgan fingerprint density at radius 1 is 1.08 bits per heavy atom. The molecular weight excluding hydrogens is 511 g/mol. The SMILES string of the molecule is CCOC(=O)c1sc(NC(=O)c2ccc(NC3=C(Cl)C(=O)N(c4ccc(F)cc4)C3=O)cc2)nc1C. The molecule has 12 heteroatoms. The summed E-state index contributed by atoms with van der Waals surface area (Å²) >= 11 is 7.12. The first-order chi connectivity index (χ1) is 17.2. The van der Waals surface area contributed by atoms with E-state index >= 15 is 0 Å². The van der Waals surface area contributed by atoms with Gasteiger partial charge in [-0.3, -0.25) is 19.7 Å². The van der Waals surface area contributed by atoms with Gasteiger partial charge in [-0.15, -0.1) is 0 Å². The maximum Gasteiger partial charge on any atom is 0.350 e. The van der Waals surface area contributed by atoms with Crippen LogP contribution in [-0.2, 0) is 14.3 Å². The minimum Gasteiger partial charge on any atom is -0.462 e. The summed E-state index contributed by atoms with van der Waals surface area (Å²) in [5.74, 6) is -2.92. The van der Waals surface area contributed by atoms with Crippen molar-refractivity contribution in [2.45, 2.75) is 13.8 Å². The molecule has 0 saturated carbocycles. The lowest BCUT2D eigenvalue weighted by atomic mass is 10.2. The molecule has 1 aliphatic rings. The van der Waals surface area contributed by atoms with Gasteiger partial charge in [0.2, 0.25) is 0 Å². The molecule has 0 unspecified atom stereocenters. The van der Waals surface area contributed by atoms with E-state index in [0.29, 0.717) is 16.3 Å². The monoisotopic (exact) mass is 528 g/mol. The van der Waals surface area contributed by atoms with Gasteiger partial charge in [-0.2, -0.15) is 0 Å². The zero-order valence-corrected chi connectivity index (χ0v) is 20.5. The van der Waals surface area contributed by atoms with E-state index in [1.165, 1.54) is 36.4 Å². The molecule has 4 rings (SSSR count). The molecule has 1 aromatic heterocycles. The molecule has 0 aliphatic carbocycles. The number of carbonyl (C=O) groups excluding carboxylic acids is 4. The van der Waals surface area contributed by atoms with E-state index in [-0.39, 0.29) is 33.7 Å². The number of hydrogen-bond donors (Lipinski definition) is 2. The first-order valence-corrected chi connectivity index (χ1v) is 11.8. The number of halogens is 2. The molecule has 36 heavy (non-hydrogen) atoms. The van der Waals surface area contributed by atoms with Crippen LogP contribution in [-0.4, -0.2) is 35.3 Å². The smallest absolute Gasteiger partial charge is 0.350 e. The van der Waals surface area contributed by atoms with E-state index in [1.807, 2.05) is 0 Å². The van der Waals surface area contributed by atoms with Crippen LogP contribution in [0, 0.1) is 12.7 Å². The van der Waals surface area contributed by atoms with E-state index < -0.39 is 29.5 Å². The number of hydrogen-bond acceptors (Lipinski definition) is 8. The van der Waals surface area contributed by atoms with Crippen LogP contribution in [0.4, 0.5) is 20.9 Å². The van der Waals surface area contributed by atoms with Gasteiger partial charge >= 0.3 is 5.97 Å². The van der Waals surface area contributed by atoms with Gasteiger partial charge < -0.3 is 10.1 Å². The third-order valence-corrected chi connectivity index (χ3v) is 6.41. The fourth-order valence-electron chi connectivity index (χ4n) is 3.29. The van der Waals surface area contributed by atoms with Gasteiger partial charge in [-0.1, -0.05) is 22.9 Å². The zero-order chi connectivity index (χ0) is 26.0. The topological polar surface area (TPSA) is 118 Å². The number of nitrogens with zero attached hydrogens (tertiary/aromatic N) is 2. The van der Waals surface area contributed by atoms with Crippen LogP contribution in [0.25, 0.3) is 0 Å². The maximum absolute atomic E-state index is 13.2. The largest absolute Gasteiger partial charge is 0.462 e. The van der Waals surface area contributed by atoms with Crippen molar-refractivity contribution < 1.29 is 28.3 Å². The highest BCUT2D eigenvalue weighted by Crippen LogP contribution is 2.30. The number of aryl methyl sites for hydroxylation is 1. The molecule has 9 nitrogen and oxygen atoms in total. The molecule has 0 radical (unpaired) electrons. The average molecular weight is 529 g/mol. The lowest BCUT2D eigenvalue weighted by Crippen LogP contribution is -2.32. The van der Waals surface area contributed by atoms with Crippen molar-refractivity contribution in [1.29, 1.82) is 0 Å². The fraction of sp³-hybridized carbons (Fsp3) is 0.125. The third kappa shape index (κ3) is 4.97. The second-order valence-electron chi connectivity index (χ2n) is 7.42. The van der Waals surface area contributed by atoms with E-state index in [1.54, 1.807) is 13.8 Å². The van der Waals surface area contributed by atoms with E-state index in [0.717, 1.165) is 28.4 Å². The second-order valence-corrected chi connectivity index (χ2v) is 8.80. The molecule has 0 bridgehead atoms. The van der Waals surface area contributed by atoms with Crippen molar-refractivity contribution in [2.75, 3.05) is 22.1 Å². The summed E-state index contributed by atoms with van der Waals surface area (Å²) in [6, 6.07) is 10.9. The first kappa shape index (κ1) is 25.0. The summed E-state index contributed by atoms with van der Waals surface area (Å²) < 4.78 is 18.2. The van der Waals surface area contributed by atoms with Crippen LogP contribution in [0.1, 0.15) is 32.6 Å². The van der Waals surface area contributed by atoms with Gasteiger partial charge in [0.15, 0.2) is 5.13 Å². The molecule has 0 saturated heterocycles. The van der Waals surface area contributed by atoms with Gasteiger partial charge in [0.05, 0.1) is 18.0 Å². The molecule has 0 atom stereocenters. The van der Waals surface area contributed by atoms with Gasteiger partial charge in [-0.05, 0) is 62.4 Å². The Balaban J connectivity index is 1.44. The van der Waals surface area contributed by atoms with Crippen molar-refractivity contribution in [2.24, 2.45) is 0 Å². The van der Waals surface area contributed by atoms with Crippen LogP contribution in [0.2, 0.25) is 0 Å². The summed E-state index contributed by atoms with van der Waals surface area (Å²) in [6.07, 6.45) is 0. The summed E-state index contributed by atoms with van der Waals surface area (Å²) in [6.45, 7) is 3.57. The van der Waals surface area contributed by atoms with Gasteiger partial charge in [0.1, 0.15) is 21.4 Å². The van der Waals surface area contributed by atoms with Crippen molar-refractivity contribution in [1.82, 2.24) is 4.98 Å². The second kappa shape index (κ2) is 10.3. The maximum atomic E-state index is 13.2. The summed E-state index contributed by atoms with van der Waals surface area (Å²) in [5.41, 5.74) is 1.16. The first-order valence-electron chi connectivity index (χ1n) is 10.6. The Labute approximate surface area is 213 Å². The molecule has 2 N–H and O–H groups in total. The lowest BCUT2D eigenvalue weighted by Gasteiger charge is -2.15. The number of thiazole rings is 1. The Morgan fingerprint density at radius 3 is 2.39 bits per heavy atom. The predicted molar refractivity (Wildman–Crippen MR) is 133 cm³/mol. The lowest BCUT2D eigenvalue weighted by molar-refractivity contribution is -0.120. The van der Waals surface area contributed by atoms with Crippen LogP contribution in [0.5, 0.6) is 0 Å². The Kier molecular flexibility index (Phi) is 7.13. The van der Waals surface area contributed by atoms with E-state index in [4.69, 9.17) is 16.3 Å². The van der Waals surface area contributed by atoms with Gasteiger partial charge in [-0.25, -0.2) is 19.1 Å². The number of ether oxygens (including phenoxy) is 1. The molecule has 0 fully saturated rings. The molecule has 3 amide bonds. The molecule has 0 spiro atoms. The highest BCUT2D eigenvalue weighted by molar-refractivity contribution is 7.17. The minimum absolute atomic E-state index is 0.145. The Morgan fingerprint density at radius 2 is 1.75 bits per heavy atom. The van der Waals surface area contributed by atoms with Gasteiger partial charge in [0.25, 0.3) is 17.7 Å². The number of anilines is 3. The fourth-order valence-corrected chi connectivity index (χ4v) is 4.36. The predicted octanol–water partition coefficient (Wildman–Crippen LogP) is 4.46. The van der Waals surface area contributed by atoms with Crippen molar-refractivity contribution in [3.63, 3.8) is 0 Å². The van der Waals surface area contributed by atoms with Crippen LogP contribution < -0.4 is 15.5 Å². The number of amides is 3. The molecular formula is C24H18ClFN4O5S. The quantitative estimate of drug-likeness (QED) is 0.343. The van der Waals surface area contributed by atoms with Gasteiger partial charge in [0, 0.05) is 11.3 Å². The number of carbonyl (C=O) groups is 4. The molecule has 1 aliphatic heterocycles. The number of imide groups is 1. The molecule has 2 heterocycles. The third-order valence-electron chi connectivity index (χ3n) is 5.01. The van der Waals surface area contributed by atoms with E-state index in [9.17, 15) is 23.6 Å². The van der Waals surface area contributed by atoms with Crippen LogP contribution >= 0.6 is 22.9 Å². The molecule has 3 aromatic rings. The summed E-state index contributed by atoms with van der Waals surface area (Å²) in [4.78, 5) is 55.2. The van der Waals surface area contributed by atoms with Crippen molar-refractivity contribution >= 4 is 63.1 Å². The van der Waals surface area contributed by atoms with E-state index in [2.05, 4.69) is 15.6 Å². The van der Waals surface area contributed by atoms with Crippen LogP contribution in [0.15, 0.2) is 59.3 Å². The Hall–Kier alpha value is -4.09. The van der Waals surface area contributed by atoms with Crippen molar-refractivity contribution in [3.8, 4) is 0 Å². The van der Waals surface area contributed by atoms with Crippen LogP contribution in [0.3, 0.4) is 0 Å².